The van der Waals surface area contributed by atoms with Crippen LogP contribution in [0, 0.1) is 0 Å². The second kappa shape index (κ2) is 8.06. The van der Waals surface area contributed by atoms with Crippen LogP contribution in [0.1, 0.15) is 18.9 Å². The van der Waals surface area contributed by atoms with Gasteiger partial charge in [0.05, 0.1) is 6.61 Å². The van der Waals surface area contributed by atoms with E-state index in [9.17, 15) is 4.79 Å². The topological polar surface area (TPSA) is 38.3 Å². The molecule has 3 nitrogen and oxygen atoms in total. The second-order valence-electron chi connectivity index (χ2n) is 4.71. The molecule has 0 aromatic heterocycles. The molecule has 0 heterocycles. The van der Waals surface area contributed by atoms with Gasteiger partial charge in [-0.3, -0.25) is 4.79 Å². The third-order valence-electron chi connectivity index (χ3n) is 3.09. The molecule has 0 spiro atoms. The molecule has 0 saturated heterocycles. The Morgan fingerprint density at radius 3 is 2.50 bits per heavy atom. The van der Waals surface area contributed by atoms with Crippen LogP contribution in [-0.4, -0.2) is 12.5 Å². The number of rotatable bonds is 6. The van der Waals surface area contributed by atoms with Crippen molar-refractivity contribution in [3.8, 4) is 5.75 Å². The number of ether oxygens (including phenoxy) is 1. The highest BCUT2D eigenvalue weighted by Crippen LogP contribution is 2.25. The lowest BCUT2D eigenvalue weighted by Crippen LogP contribution is -2.12. The third-order valence-corrected chi connectivity index (χ3v) is 3.80. The molecular formula is C17H17Cl2NO2. The fourth-order valence-electron chi connectivity index (χ4n) is 2.06. The number of amides is 1. The number of halogens is 2. The van der Waals surface area contributed by atoms with Gasteiger partial charge >= 0.3 is 0 Å². The van der Waals surface area contributed by atoms with Crippen LogP contribution in [-0.2, 0) is 11.2 Å². The number of anilines is 1. The number of benzene rings is 2. The SMILES string of the molecule is CCOc1cccc(NC(=O)CCc2c(Cl)cccc2Cl)c1. The molecule has 2 aromatic rings. The summed E-state index contributed by atoms with van der Waals surface area (Å²) in [5.41, 5.74) is 1.50. The summed E-state index contributed by atoms with van der Waals surface area (Å²) in [7, 11) is 0. The van der Waals surface area contributed by atoms with Gasteiger partial charge in [0.25, 0.3) is 0 Å². The van der Waals surface area contributed by atoms with Crippen LogP contribution in [0.2, 0.25) is 10.0 Å². The van der Waals surface area contributed by atoms with Gasteiger partial charge in [0, 0.05) is 28.2 Å². The van der Waals surface area contributed by atoms with E-state index in [2.05, 4.69) is 5.32 Å². The van der Waals surface area contributed by atoms with E-state index in [-0.39, 0.29) is 5.91 Å². The summed E-state index contributed by atoms with van der Waals surface area (Å²) < 4.78 is 5.40. The molecule has 0 unspecified atom stereocenters. The fraction of sp³-hybridized carbons (Fsp3) is 0.235. The third kappa shape index (κ3) is 4.65. The Kier molecular flexibility index (Phi) is 6.10. The fourth-order valence-corrected chi connectivity index (χ4v) is 2.65. The highest BCUT2D eigenvalue weighted by molar-refractivity contribution is 6.36. The van der Waals surface area contributed by atoms with Crippen LogP contribution in [0.5, 0.6) is 5.75 Å². The minimum absolute atomic E-state index is 0.0929. The first-order chi connectivity index (χ1) is 10.6. The van der Waals surface area contributed by atoms with Gasteiger partial charge in [-0.25, -0.2) is 0 Å². The lowest BCUT2D eigenvalue weighted by Gasteiger charge is -2.09. The first-order valence-electron chi connectivity index (χ1n) is 7.05. The largest absolute Gasteiger partial charge is 0.494 e. The van der Waals surface area contributed by atoms with E-state index in [1.54, 1.807) is 24.3 Å². The molecule has 0 radical (unpaired) electrons. The summed E-state index contributed by atoms with van der Waals surface area (Å²) in [6, 6.07) is 12.6. The first kappa shape index (κ1) is 16.7. The zero-order valence-corrected chi connectivity index (χ0v) is 13.7. The Bertz CT molecular complexity index is 639. The molecular weight excluding hydrogens is 321 g/mol. The Balaban J connectivity index is 1.94. The molecule has 116 valence electrons. The van der Waals surface area contributed by atoms with Crippen molar-refractivity contribution >= 4 is 34.8 Å². The average molecular weight is 338 g/mol. The summed E-state index contributed by atoms with van der Waals surface area (Å²) in [5, 5.41) is 4.01. The highest BCUT2D eigenvalue weighted by Gasteiger charge is 2.09. The van der Waals surface area contributed by atoms with Crippen molar-refractivity contribution < 1.29 is 9.53 Å². The van der Waals surface area contributed by atoms with Crippen LogP contribution in [0.15, 0.2) is 42.5 Å². The quantitative estimate of drug-likeness (QED) is 0.808. The number of carbonyl (C=O) groups excluding carboxylic acids is 1. The molecule has 0 aliphatic rings. The molecule has 0 bridgehead atoms. The van der Waals surface area contributed by atoms with Crippen molar-refractivity contribution in [3.63, 3.8) is 0 Å². The Morgan fingerprint density at radius 2 is 1.82 bits per heavy atom. The minimum Gasteiger partial charge on any atom is -0.494 e. The Morgan fingerprint density at radius 1 is 1.14 bits per heavy atom. The molecule has 1 N–H and O–H groups in total. The number of nitrogens with one attached hydrogen (secondary N) is 1. The van der Waals surface area contributed by atoms with E-state index >= 15 is 0 Å². The van der Waals surface area contributed by atoms with Gasteiger partial charge in [-0.05, 0) is 43.2 Å². The molecule has 0 saturated carbocycles. The molecule has 2 rings (SSSR count). The van der Waals surface area contributed by atoms with Crippen LogP contribution >= 0.6 is 23.2 Å². The minimum atomic E-state index is -0.0929. The molecule has 1 amide bonds. The van der Waals surface area contributed by atoms with Gasteiger partial charge in [0.1, 0.15) is 5.75 Å². The van der Waals surface area contributed by atoms with Crippen molar-refractivity contribution in [3.05, 3.63) is 58.1 Å². The zero-order valence-electron chi connectivity index (χ0n) is 12.2. The van der Waals surface area contributed by atoms with Crippen LogP contribution in [0.25, 0.3) is 0 Å². The van der Waals surface area contributed by atoms with Crippen molar-refractivity contribution in [1.29, 1.82) is 0 Å². The van der Waals surface area contributed by atoms with Crippen molar-refractivity contribution in [2.75, 3.05) is 11.9 Å². The van der Waals surface area contributed by atoms with Crippen molar-refractivity contribution in [1.82, 2.24) is 0 Å². The zero-order chi connectivity index (χ0) is 15.9. The van der Waals surface area contributed by atoms with E-state index in [1.165, 1.54) is 0 Å². The Hall–Kier alpha value is -1.71. The van der Waals surface area contributed by atoms with Gasteiger partial charge < -0.3 is 10.1 Å². The summed E-state index contributed by atoms with van der Waals surface area (Å²) in [5.74, 6) is 0.638. The second-order valence-corrected chi connectivity index (χ2v) is 5.52. The number of hydrogen-bond acceptors (Lipinski definition) is 2. The average Bonchev–Trinajstić information content (AvgIpc) is 2.47. The molecule has 0 atom stereocenters. The van der Waals surface area contributed by atoms with E-state index < -0.39 is 0 Å². The lowest BCUT2D eigenvalue weighted by molar-refractivity contribution is -0.116. The lowest BCUT2D eigenvalue weighted by atomic mass is 10.1. The van der Waals surface area contributed by atoms with E-state index in [1.807, 2.05) is 25.1 Å². The van der Waals surface area contributed by atoms with Crippen LogP contribution in [0.3, 0.4) is 0 Å². The van der Waals surface area contributed by atoms with E-state index in [0.717, 1.165) is 11.3 Å². The molecule has 0 aliphatic heterocycles. The summed E-state index contributed by atoms with van der Waals surface area (Å²) >= 11 is 12.2. The molecule has 0 fully saturated rings. The molecule has 0 aliphatic carbocycles. The highest BCUT2D eigenvalue weighted by atomic mass is 35.5. The van der Waals surface area contributed by atoms with Crippen molar-refractivity contribution in [2.45, 2.75) is 19.8 Å². The summed E-state index contributed by atoms with van der Waals surface area (Å²) in [6.07, 6.45) is 0.803. The van der Waals surface area contributed by atoms with Gasteiger partial charge in [-0.15, -0.1) is 0 Å². The van der Waals surface area contributed by atoms with Gasteiger partial charge in [0.15, 0.2) is 0 Å². The van der Waals surface area contributed by atoms with Crippen LogP contribution < -0.4 is 10.1 Å². The molecule has 2 aromatic carbocycles. The predicted octanol–water partition coefficient (Wildman–Crippen LogP) is 4.96. The van der Waals surface area contributed by atoms with Gasteiger partial charge in [-0.1, -0.05) is 35.3 Å². The maximum absolute atomic E-state index is 12.0. The molecule has 5 heteroatoms. The predicted molar refractivity (Wildman–Crippen MR) is 91.0 cm³/mol. The number of hydrogen-bond donors (Lipinski definition) is 1. The van der Waals surface area contributed by atoms with E-state index in [0.29, 0.717) is 35.2 Å². The smallest absolute Gasteiger partial charge is 0.224 e. The first-order valence-corrected chi connectivity index (χ1v) is 7.81. The monoisotopic (exact) mass is 337 g/mol. The maximum atomic E-state index is 12.0. The standard InChI is InChI=1S/C17H17Cl2NO2/c1-2-22-13-6-3-5-12(11-13)20-17(21)10-9-14-15(18)7-4-8-16(14)19/h3-8,11H,2,9-10H2,1H3,(H,20,21). The molecule has 22 heavy (non-hydrogen) atoms. The Labute approximate surface area is 140 Å². The van der Waals surface area contributed by atoms with Gasteiger partial charge in [-0.2, -0.15) is 0 Å². The normalized spacial score (nSPS) is 10.3. The van der Waals surface area contributed by atoms with Crippen molar-refractivity contribution in [2.24, 2.45) is 0 Å². The van der Waals surface area contributed by atoms with Gasteiger partial charge in [0.2, 0.25) is 5.91 Å². The van der Waals surface area contributed by atoms with E-state index in [4.69, 9.17) is 27.9 Å². The summed E-state index contributed by atoms with van der Waals surface area (Å²) in [4.78, 5) is 12.0. The number of carbonyl (C=O) groups is 1. The maximum Gasteiger partial charge on any atom is 0.224 e. The summed E-state index contributed by atoms with van der Waals surface area (Å²) in [6.45, 7) is 2.50. The van der Waals surface area contributed by atoms with Crippen LogP contribution in [0.4, 0.5) is 5.69 Å².